The van der Waals surface area contributed by atoms with Crippen LogP contribution in [-0.4, -0.2) is 14.9 Å². The predicted molar refractivity (Wildman–Crippen MR) is 105 cm³/mol. The topological polar surface area (TPSA) is 109 Å². The summed E-state index contributed by atoms with van der Waals surface area (Å²) in [4.78, 5) is 18.1. The largest absolute Gasteiger partial charge is 0.457 e. The quantitative estimate of drug-likeness (QED) is 0.305. The van der Waals surface area contributed by atoms with Crippen LogP contribution in [0.15, 0.2) is 59.0 Å². The zero-order valence-electron chi connectivity index (χ0n) is 14.8. The molecule has 0 saturated carbocycles. The number of hydrogen-bond acceptors (Lipinski definition) is 5. The Balaban J connectivity index is 1.68. The summed E-state index contributed by atoms with van der Waals surface area (Å²) in [5, 5.41) is 20.5. The van der Waals surface area contributed by atoms with E-state index >= 15 is 0 Å². The molecule has 0 amide bonds. The normalized spacial score (nSPS) is 11.5. The van der Waals surface area contributed by atoms with Gasteiger partial charge in [0.25, 0.3) is 5.69 Å². The fraction of sp³-hybridized carbons (Fsp3) is 0.0476. The number of nitriles is 1. The average molecular weight is 370 g/mol. The van der Waals surface area contributed by atoms with Crippen LogP contribution in [0.25, 0.3) is 34.0 Å². The molecule has 0 unspecified atom stereocenters. The van der Waals surface area contributed by atoms with Crippen LogP contribution in [-0.2, 0) is 0 Å². The Morgan fingerprint density at radius 1 is 1.25 bits per heavy atom. The number of fused-ring (bicyclic) bond motifs is 1. The van der Waals surface area contributed by atoms with Crippen LogP contribution in [0, 0.1) is 28.4 Å². The first kappa shape index (κ1) is 17.2. The number of nitro groups is 1. The second-order valence-electron chi connectivity index (χ2n) is 6.29. The summed E-state index contributed by atoms with van der Waals surface area (Å²) in [5.41, 5.74) is 3.63. The molecule has 0 aliphatic heterocycles. The molecule has 2 heterocycles. The van der Waals surface area contributed by atoms with Crippen molar-refractivity contribution in [2.24, 2.45) is 0 Å². The number of aromatic amines is 1. The van der Waals surface area contributed by atoms with Crippen LogP contribution in [0.1, 0.15) is 17.1 Å². The lowest BCUT2D eigenvalue weighted by atomic mass is 10.1. The number of H-pyrrole nitrogens is 1. The highest BCUT2D eigenvalue weighted by molar-refractivity contribution is 5.89. The van der Waals surface area contributed by atoms with Crippen molar-refractivity contribution in [1.82, 2.24) is 9.97 Å². The Hall–Kier alpha value is -4.18. The highest BCUT2D eigenvalue weighted by atomic mass is 16.6. The molecule has 0 atom stereocenters. The molecule has 0 saturated heterocycles. The Kier molecular flexibility index (Phi) is 4.22. The third-order valence-electron chi connectivity index (χ3n) is 4.27. The Bertz CT molecular complexity index is 1270. The molecule has 0 fully saturated rings. The number of nitrogens with zero attached hydrogens (tertiary/aromatic N) is 3. The van der Waals surface area contributed by atoms with E-state index < -0.39 is 4.92 Å². The minimum Gasteiger partial charge on any atom is -0.457 e. The average Bonchev–Trinajstić information content (AvgIpc) is 3.32. The molecule has 0 aliphatic carbocycles. The van der Waals surface area contributed by atoms with Gasteiger partial charge in [0, 0.05) is 23.8 Å². The van der Waals surface area contributed by atoms with Crippen LogP contribution in [0.5, 0.6) is 0 Å². The number of rotatable bonds is 4. The summed E-state index contributed by atoms with van der Waals surface area (Å²) in [6.45, 7) is 1.99. The maximum Gasteiger partial charge on any atom is 0.270 e. The van der Waals surface area contributed by atoms with Gasteiger partial charge in [-0.3, -0.25) is 10.1 Å². The first-order valence-corrected chi connectivity index (χ1v) is 8.47. The standard InChI is InChI=1S/C21H14N4O3/c1-13-5-7-18-19(9-13)24-21(23-18)15(12-22)11-17-6-8-20(28-17)14-3-2-4-16(10-14)25(26)27/h2-11H,1H3,(H,23,24)/b15-11-. The minimum atomic E-state index is -0.454. The van der Waals surface area contributed by atoms with Crippen molar-refractivity contribution in [1.29, 1.82) is 5.26 Å². The number of hydrogen-bond donors (Lipinski definition) is 1. The van der Waals surface area contributed by atoms with Gasteiger partial charge in [-0.15, -0.1) is 0 Å². The molecule has 0 spiro atoms. The highest BCUT2D eigenvalue weighted by Crippen LogP contribution is 2.27. The molecule has 0 radical (unpaired) electrons. The van der Waals surface area contributed by atoms with Crippen molar-refractivity contribution < 1.29 is 9.34 Å². The second kappa shape index (κ2) is 6.85. The van der Waals surface area contributed by atoms with E-state index in [4.69, 9.17) is 4.42 Å². The predicted octanol–water partition coefficient (Wildman–Crippen LogP) is 5.10. The molecule has 0 aliphatic rings. The summed E-state index contributed by atoms with van der Waals surface area (Å²) in [6, 6.07) is 17.6. The van der Waals surface area contributed by atoms with Gasteiger partial charge in [-0.1, -0.05) is 18.2 Å². The van der Waals surface area contributed by atoms with Gasteiger partial charge in [-0.25, -0.2) is 4.98 Å². The van der Waals surface area contributed by atoms with Gasteiger partial charge < -0.3 is 9.40 Å². The fourth-order valence-electron chi connectivity index (χ4n) is 2.91. The van der Waals surface area contributed by atoms with Crippen molar-refractivity contribution in [2.45, 2.75) is 6.92 Å². The summed E-state index contributed by atoms with van der Waals surface area (Å²) >= 11 is 0. The zero-order chi connectivity index (χ0) is 19.7. The second-order valence-corrected chi connectivity index (χ2v) is 6.29. The van der Waals surface area contributed by atoms with Crippen LogP contribution in [0.3, 0.4) is 0 Å². The molecule has 4 aromatic rings. The summed E-state index contributed by atoms with van der Waals surface area (Å²) in [6.07, 6.45) is 1.59. The lowest BCUT2D eigenvalue weighted by Crippen LogP contribution is -1.87. The molecular formula is C21H14N4O3. The van der Waals surface area contributed by atoms with Crippen molar-refractivity contribution in [3.8, 4) is 17.4 Å². The number of benzene rings is 2. The molecule has 2 aromatic carbocycles. The Morgan fingerprint density at radius 3 is 2.89 bits per heavy atom. The number of aromatic nitrogens is 2. The summed E-state index contributed by atoms with van der Waals surface area (Å²) < 4.78 is 5.76. The lowest BCUT2D eigenvalue weighted by molar-refractivity contribution is -0.384. The van der Waals surface area contributed by atoms with Crippen molar-refractivity contribution in [2.75, 3.05) is 0 Å². The van der Waals surface area contributed by atoms with Crippen LogP contribution < -0.4 is 0 Å². The van der Waals surface area contributed by atoms with E-state index in [1.165, 1.54) is 12.1 Å². The molecule has 136 valence electrons. The number of nitrogens with one attached hydrogen (secondary N) is 1. The Labute approximate surface area is 159 Å². The molecule has 7 nitrogen and oxygen atoms in total. The number of aryl methyl sites for hydroxylation is 1. The maximum absolute atomic E-state index is 10.9. The van der Waals surface area contributed by atoms with Gasteiger partial charge in [0.2, 0.25) is 0 Å². The van der Waals surface area contributed by atoms with Crippen LogP contribution in [0.2, 0.25) is 0 Å². The highest BCUT2D eigenvalue weighted by Gasteiger charge is 2.12. The van der Waals surface area contributed by atoms with Crippen LogP contribution >= 0.6 is 0 Å². The smallest absolute Gasteiger partial charge is 0.270 e. The molecule has 0 bridgehead atoms. The molecule has 2 aromatic heterocycles. The van der Waals surface area contributed by atoms with Gasteiger partial charge in [0.1, 0.15) is 23.4 Å². The number of allylic oxidation sites excluding steroid dienone is 1. The molecular weight excluding hydrogens is 356 g/mol. The van der Waals surface area contributed by atoms with Gasteiger partial charge in [-0.2, -0.15) is 5.26 Å². The first-order chi connectivity index (χ1) is 13.5. The van der Waals surface area contributed by atoms with Gasteiger partial charge in [0.05, 0.1) is 21.5 Å². The number of furan rings is 1. The molecule has 4 rings (SSSR count). The van der Waals surface area contributed by atoms with Gasteiger partial charge >= 0.3 is 0 Å². The molecule has 7 heteroatoms. The minimum absolute atomic E-state index is 0.0127. The Morgan fingerprint density at radius 2 is 2.11 bits per heavy atom. The van der Waals surface area contributed by atoms with Crippen molar-refractivity contribution >= 4 is 28.4 Å². The molecule has 28 heavy (non-hydrogen) atoms. The van der Waals surface area contributed by atoms with Gasteiger partial charge in [0.15, 0.2) is 0 Å². The first-order valence-electron chi connectivity index (χ1n) is 8.47. The maximum atomic E-state index is 10.9. The van der Waals surface area contributed by atoms with Crippen molar-refractivity contribution in [3.63, 3.8) is 0 Å². The number of non-ortho nitro benzene ring substituents is 1. The van der Waals surface area contributed by atoms with E-state index in [-0.39, 0.29) is 5.69 Å². The lowest BCUT2D eigenvalue weighted by Gasteiger charge is -1.97. The van der Waals surface area contributed by atoms with Crippen LogP contribution in [0.4, 0.5) is 5.69 Å². The zero-order valence-corrected chi connectivity index (χ0v) is 14.8. The number of nitro benzene ring substituents is 1. The van der Waals surface area contributed by atoms with E-state index in [1.54, 1.807) is 30.3 Å². The third-order valence-corrected chi connectivity index (χ3v) is 4.27. The van der Waals surface area contributed by atoms with Gasteiger partial charge in [-0.05, 0) is 36.8 Å². The monoisotopic (exact) mass is 370 g/mol. The summed E-state index contributed by atoms with van der Waals surface area (Å²) in [7, 11) is 0. The van der Waals surface area contributed by atoms with E-state index in [0.717, 1.165) is 16.6 Å². The van der Waals surface area contributed by atoms with E-state index in [9.17, 15) is 15.4 Å². The van der Waals surface area contributed by atoms with E-state index in [2.05, 4.69) is 16.0 Å². The third kappa shape index (κ3) is 3.27. The SMILES string of the molecule is Cc1ccc2nc(/C(C#N)=C\c3ccc(-c4cccc([N+](=O)[O-])c4)o3)[nH]c2c1. The number of imidazole rings is 1. The fourth-order valence-corrected chi connectivity index (χ4v) is 2.91. The van der Waals surface area contributed by atoms with Crippen molar-refractivity contribution in [3.05, 3.63) is 81.9 Å². The molecule has 1 N–H and O–H groups in total. The van der Waals surface area contributed by atoms with E-state index in [1.807, 2.05) is 25.1 Å². The van der Waals surface area contributed by atoms with E-state index in [0.29, 0.717) is 28.5 Å². The summed E-state index contributed by atoms with van der Waals surface area (Å²) in [5.74, 6) is 1.39.